The van der Waals surface area contributed by atoms with Gasteiger partial charge >= 0.3 is 6.09 Å². The highest BCUT2D eigenvalue weighted by molar-refractivity contribution is 6.29. The summed E-state index contributed by atoms with van der Waals surface area (Å²) in [5, 5.41) is 8.24. The van der Waals surface area contributed by atoms with E-state index in [1.54, 1.807) is 6.20 Å². The fourth-order valence-electron chi connectivity index (χ4n) is 2.90. The number of nitrogens with one attached hydrogen (secondary N) is 1. The van der Waals surface area contributed by atoms with E-state index in [1.807, 2.05) is 50.2 Å². The van der Waals surface area contributed by atoms with E-state index in [0.29, 0.717) is 5.65 Å². The Morgan fingerprint density at radius 2 is 2.04 bits per heavy atom. The van der Waals surface area contributed by atoms with Crippen LogP contribution in [0.2, 0.25) is 5.15 Å². The van der Waals surface area contributed by atoms with Gasteiger partial charge in [-0.15, -0.1) is 0 Å². The zero-order chi connectivity index (χ0) is 19.7. The molecule has 0 spiro atoms. The van der Waals surface area contributed by atoms with Gasteiger partial charge in [-0.1, -0.05) is 49.7 Å². The van der Waals surface area contributed by atoms with Crippen LogP contribution in [0.5, 0.6) is 5.88 Å². The molecule has 4 rings (SSSR count). The molecule has 28 heavy (non-hydrogen) atoms. The molecule has 0 aliphatic carbocycles. The molecule has 0 unspecified atom stereocenters. The van der Waals surface area contributed by atoms with Crippen LogP contribution in [0.3, 0.4) is 0 Å². The highest BCUT2D eigenvalue weighted by Crippen LogP contribution is 2.25. The number of carbonyl (C=O) groups excluding carboxylic acids is 1. The van der Waals surface area contributed by atoms with Gasteiger partial charge in [0.05, 0.1) is 24.0 Å². The zero-order valence-corrected chi connectivity index (χ0v) is 16.1. The normalized spacial score (nSPS) is 11.3. The van der Waals surface area contributed by atoms with Crippen molar-refractivity contribution in [2.45, 2.75) is 26.3 Å². The molecule has 0 bridgehead atoms. The predicted molar refractivity (Wildman–Crippen MR) is 107 cm³/mol. The first-order chi connectivity index (χ1) is 13.5. The molecule has 3 aromatic heterocycles. The van der Waals surface area contributed by atoms with Crippen molar-refractivity contribution in [1.82, 2.24) is 24.9 Å². The molecule has 1 N–H and O–H groups in total. The van der Waals surface area contributed by atoms with Gasteiger partial charge in [-0.3, -0.25) is 4.98 Å². The lowest BCUT2D eigenvalue weighted by molar-refractivity contribution is 0.196. The maximum atomic E-state index is 12.3. The number of pyridine rings is 1. The number of nitrogens with zero attached hydrogens (tertiary/aromatic N) is 4. The Bertz CT molecular complexity index is 1170. The number of amides is 1. The number of para-hydroxylation sites is 1. The lowest BCUT2D eigenvalue weighted by atomic mass is 10.1. The van der Waals surface area contributed by atoms with E-state index in [2.05, 4.69) is 20.4 Å². The Balaban J connectivity index is 1.50. The Morgan fingerprint density at radius 3 is 2.86 bits per heavy atom. The minimum absolute atomic E-state index is 0.200. The van der Waals surface area contributed by atoms with Crippen molar-refractivity contribution >= 4 is 34.2 Å². The van der Waals surface area contributed by atoms with E-state index in [9.17, 15) is 4.79 Å². The molecule has 0 aliphatic heterocycles. The highest BCUT2D eigenvalue weighted by atomic mass is 35.5. The number of halogens is 1. The first-order valence-electron chi connectivity index (χ1n) is 8.86. The van der Waals surface area contributed by atoms with Crippen LogP contribution in [0.4, 0.5) is 4.79 Å². The van der Waals surface area contributed by atoms with Gasteiger partial charge in [0.1, 0.15) is 5.15 Å². The van der Waals surface area contributed by atoms with Crippen molar-refractivity contribution in [2.24, 2.45) is 0 Å². The number of hydrogen-bond donors (Lipinski definition) is 1. The Kier molecular flexibility index (Phi) is 4.83. The number of carbonyl (C=O) groups is 1. The average Bonchev–Trinajstić information content (AvgIpc) is 3.10. The van der Waals surface area contributed by atoms with Crippen LogP contribution in [-0.4, -0.2) is 25.7 Å². The standard InChI is InChI=1S/C20H18ClN5O2/c1-12(2)15-11-23-26-18(9-17(21)25-19(15)26)28-20(27)22-10-14-8-7-13-5-3-4-6-16(13)24-14/h3-9,11-12H,10H2,1-2H3,(H,22,27). The van der Waals surface area contributed by atoms with Crippen LogP contribution in [-0.2, 0) is 6.54 Å². The second-order valence-corrected chi connectivity index (χ2v) is 7.03. The summed E-state index contributed by atoms with van der Waals surface area (Å²) in [5.74, 6) is 0.412. The minimum Gasteiger partial charge on any atom is -0.391 e. The third-order valence-corrected chi connectivity index (χ3v) is 4.52. The largest absolute Gasteiger partial charge is 0.414 e. The van der Waals surface area contributed by atoms with Gasteiger partial charge in [-0.2, -0.15) is 9.61 Å². The van der Waals surface area contributed by atoms with Crippen LogP contribution < -0.4 is 10.1 Å². The summed E-state index contributed by atoms with van der Waals surface area (Å²) >= 11 is 6.10. The number of aromatic nitrogens is 4. The molecule has 0 radical (unpaired) electrons. The van der Waals surface area contributed by atoms with Gasteiger partial charge in [0.15, 0.2) is 5.65 Å². The SMILES string of the molecule is CC(C)c1cnn2c(OC(=O)NCc3ccc4ccccc4n3)cc(Cl)nc12. The summed E-state index contributed by atoms with van der Waals surface area (Å²) in [5.41, 5.74) is 3.10. The smallest absolute Gasteiger partial charge is 0.391 e. The number of ether oxygens (including phenoxy) is 1. The molecule has 142 valence electrons. The summed E-state index contributed by atoms with van der Waals surface area (Å²) in [6.07, 6.45) is 1.08. The molecular formula is C20H18ClN5O2. The van der Waals surface area contributed by atoms with E-state index in [-0.39, 0.29) is 23.5 Å². The molecule has 7 nitrogen and oxygen atoms in total. The third kappa shape index (κ3) is 3.61. The first kappa shape index (κ1) is 18.2. The van der Waals surface area contributed by atoms with E-state index in [0.717, 1.165) is 22.2 Å². The molecule has 0 fully saturated rings. The third-order valence-electron chi connectivity index (χ3n) is 4.32. The lowest BCUT2D eigenvalue weighted by Gasteiger charge is -2.09. The van der Waals surface area contributed by atoms with Crippen molar-refractivity contribution in [2.75, 3.05) is 0 Å². The second kappa shape index (κ2) is 7.44. The summed E-state index contributed by atoms with van der Waals surface area (Å²) in [7, 11) is 0. The van der Waals surface area contributed by atoms with Crippen molar-refractivity contribution < 1.29 is 9.53 Å². The van der Waals surface area contributed by atoms with Crippen LogP contribution in [0.25, 0.3) is 16.6 Å². The maximum absolute atomic E-state index is 12.3. The molecule has 0 saturated carbocycles. The maximum Gasteiger partial charge on any atom is 0.414 e. The van der Waals surface area contributed by atoms with Gasteiger partial charge in [0.25, 0.3) is 0 Å². The quantitative estimate of drug-likeness (QED) is 0.520. The van der Waals surface area contributed by atoms with Crippen LogP contribution in [0.15, 0.2) is 48.7 Å². The van der Waals surface area contributed by atoms with E-state index < -0.39 is 6.09 Å². The van der Waals surface area contributed by atoms with Crippen molar-refractivity contribution in [3.05, 3.63) is 65.1 Å². The van der Waals surface area contributed by atoms with Gasteiger partial charge in [0, 0.05) is 17.0 Å². The van der Waals surface area contributed by atoms with Gasteiger partial charge < -0.3 is 10.1 Å². The fraction of sp³-hybridized carbons (Fsp3) is 0.200. The summed E-state index contributed by atoms with van der Waals surface area (Å²) in [4.78, 5) is 21.1. The summed E-state index contributed by atoms with van der Waals surface area (Å²) in [6.45, 7) is 4.30. The first-order valence-corrected chi connectivity index (χ1v) is 9.23. The van der Waals surface area contributed by atoms with Gasteiger partial charge in [-0.05, 0) is 18.1 Å². The van der Waals surface area contributed by atoms with Crippen molar-refractivity contribution in [1.29, 1.82) is 0 Å². The Labute approximate surface area is 166 Å². The average molecular weight is 396 g/mol. The van der Waals surface area contributed by atoms with Crippen molar-refractivity contribution in [3.8, 4) is 5.88 Å². The highest BCUT2D eigenvalue weighted by Gasteiger charge is 2.16. The predicted octanol–water partition coefficient (Wildman–Crippen LogP) is 4.34. The number of rotatable bonds is 4. The molecule has 4 aromatic rings. The van der Waals surface area contributed by atoms with E-state index >= 15 is 0 Å². The number of benzene rings is 1. The summed E-state index contributed by atoms with van der Waals surface area (Å²) < 4.78 is 6.88. The topological polar surface area (TPSA) is 81.4 Å². The summed E-state index contributed by atoms with van der Waals surface area (Å²) in [6, 6.07) is 13.1. The Morgan fingerprint density at radius 1 is 1.21 bits per heavy atom. The molecule has 0 atom stereocenters. The van der Waals surface area contributed by atoms with Crippen LogP contribution in [0, 0.1) is 0 Å². The monoisotopic (exact) mass is 395 g/mol. The molecule has 8 heteroatoms. The zero-order valence-electron chi connectivity index (χ0n) is 15.4. The molecule has 1 amide bonds. The number of hydrogen-bond acceptors (Lipinski definition) is 5. The molecule has 0 saturated heterocycles. The minimum atomic E-state index is -0.625. The van der Waals surface area contributed by atoms with Crippen LogP contribution in [0.1, 0.15) is 31.0 Å². The fourth-order valence-corrected chi connectivity index (χ4v) is 3.08. The lowest BCUT2D eigenvalue weighted by Crippen LogP contribution is -2.27. The molecule has 3 heterocycles. The van der Waals surface area contributed by atoms with Crippen molar-refractivity contribution in [3.63, 3.8) is 0 Å². The Hall–Kier alpha value is -3.19. The second-order valence-electron chi connectivity index (χ2n) is 6.65. The molecular weight excluding hydrogens is 378 g/mol. The molecule has 1 aromatic carbocycles. The van der Waals surface area contributed by atoms with E-state index in [4.69, 9.17) is 16.3 Å². The van der Waals surface area contributed by atoms with Crippen LogP contribution >= 0.6 is 11.6 Å². The van der Waals surface area contributed by atoms with Gasteiger partial charge in [-0.25, -0.2) is 9.78 Å². The van der Waals surface area contributed by atoms with Gasteiger partial charge in [0.2, 0.25) is 5.88 Å². The molecule has 0 aliphatic rings. The van der Waals surface area contributed by atoms with E-state index in [1.165, 1.54) is 10.6 Å². The number of fused-ring (bicyclic) bond motifs is 2.